The summed E-state index contributed by atoms with van der Waals surface area (Å²) in [5.74, 6) is 0.184. The zero-order valence-electron chi connectivity index (χ0n) is 17.6. The number of rotatable bonds is 6. The van der Waals surface area contributed by atoms with E-state index in [2.05, 4.69) is 24.7 Å². The van der Waals surface area contributed by atoms with Gasteiger partial charge in [0.2, 0.25) is 5.91 Å². The minimum Gasteiger partial charge on any atom is -0.335 e. The summed E-state index contributed by atoms with van der Waals surface area (Å²) in [7, 11) is 0. The predicted molar refractivity (Wildman–Crippen MR) is 117 cm³/mol. The fraction of sp³-hybridized carbons (Fsp3) is 0.320. The van der Waals surface area contributed by atoms with Gasteiger partial charge in [0, 0.05) is 18.4 Å². The quantitative estimate of drug-likeness (QED) is 0.532. The Bertz CT molecular complexity index is 1180. The Morgan fingerprint density at radius 3 is 2.90 bits per heavy atom. The lowest BCUT2D eigenvalue weighted by molar-refractivity contribution is -0.132. The Hall–Kier alpha value is -3.46. The number of nitrogens with zero attached hydrogens (tertiary/aromatic N) is 4. The van der Waals surface area contributed by atoms with Gasteiger partial charge in [-0.15, -0.1) is 0 Å². The number of likely N-dealkylation sites (tertiary alicyclic amines) is 1. The summed E-state index contributed by atoms with van der Waals surface area (Å²) in [5.41, 5.74) is 3.31. The number of halogens is 1. The van der Waals surface area contributed by atoms with E-state index in [-0.39, 0.29) is 17.8 Å². The van der Waals surface area contributed by atoms with Gasteiger partial charge in [-0.3, -0.25) is 9.48 Å². The topological polar surface area (TPSA) is 61.9 Å². The molecule has 1 fully saturated rings. The number of fused-ring (bicyclic) bond motifs is 1. The van der Waals surface area contributed by atoms with E-state index in [0.29, 0.717) is 37.4 Å². The van der Waals surface area contributed by atoms with Crippen LogP contribution in [-0.2, 0) is 11.3 Å². The lowest BCUT2D eigenvalue weighted by atomic mass is 10.0. The molecule has 6 heteroatoms. The first-order valence-electron chi connectivity index (χ1n) is 10.5. The molecular formula is C25H25FN4O. The predicted octanol–water partition coefficient (Wildman–Crippen LogP) is 4.99. The Morgan fingerprint density at radius 2 is 2.13 bits per heavy atom. The maximum absolute atomic E-state index is 13.7. The van der Waals surface area contributed by atoms with Gasteiger partial charge in [-0.05, 0) is 54.7 Å². The Morgan fingerprint density at radius 1 is 1.29 bits per heavy atom. The van der Waals surface area contributed by atoms with E-state index in [4.69, 9.17) is 5.26 Å². The molecule has 0 radical (unpaired) electrons. The maximum Gasteiger partial charge on any atom is 0.223 e. The molecule has 0 spiro atoms. The summed E-state index contributed by atoms with van der Waals surface area (Å²) in [6, 6.07) is 14.1. The third kappa shape index (κ3) is 4.51. The lowest BCUT2D eigenvalue weighted by Gasteiger charge is -2.25. The van der Waals surface area contributed by atoms with Crippen LogP contribution in [0.4, 0.5) is 4.39 Å². The van der Waals surface area contributed by atoms with Crippen molar-refractivity contribution < 1.29 is 9.18 Å². The van der Waals surface area contributed by atoms with Gasteiger partial charge < -0.3 is 4.90 Å². The van der Waals surface area contributed by atoms with Gasteiger partial charge in [-0.1, -0.05) is 31.2 Å². The van der Waals surface area contributed by atoms with E-state index >= 15 is 0 Å². The van der Waals surface area contributed by atoms with Crippen molar-refractivity contribution in [1.82, 2.24) is 14.7 Å². The van der Waals surface area contributed by atoms with Crippen molar-refractivity contribution in [3.05, 3.63) is 77.8 Å². The highest BCUT2D eigenvalue weighted by Gasteiger charge is 2.33. The molecule has 0 N–H and O–H groups in total. The Labute approximate surface area is 181 Å². The maximum atomic E-state index is 13.7. The smallest absolute Gasteiger partial charge is 0.223 e. The van der Waals surface area contributed by atoms with Gasteiger partial charge in [0.1, 0.15) is 5.82 Å². The van der Waals surface area contributed by atoms with Gasteiger partial charge in [0.25, 0.3) is 0 Å². The molecule has 1 aliphatic heterocycles. The molecule has 1 saturated heterocycles. The van der Waals surface area contributed by atoms with Crippen LogP contribution >= 0.6 is 0 Å². The van der Waals surface area contributed by atoms with E-state index < -0.39 is 0 Å². The molecule has 0 aliphatic carbocycles. The summed E-state index contributed by atoms with van der Waals surface area (Å²) in [6.07, 6.45) is 3.52. The first kappa shape index (κ1) is 20.8. The van der Waals surface area contributed by atoms with Crippen molar-refractivity contribution in [3.63, 3.8) is 0 Å². The normalized spacial score (nSPS) is 18.3. The number of carbonyl (C=O) groups is 1. The molecule has 1 amide bonds. The number of aromatic nitrogens is 2. The molecule has 2 heterocycles. The monoisotopic (exact) mass is 416 g/mol. The number of benzene rings is 2. The average molecular weight is 417 g/mol. The molecule has 1 aliphatic rings. The van der Waals surface area contributed by atoms with Crippen LogP contribution in [-0.4, -0.2) is 27.1 Å². The van der Waals surface area contributed by atoms with Crippen molar-refractivity contribution in [2.24, 2.45) is 5.92 Å². The van der Waals surface area contributed by atoms with Crippen LogP contribution in [0.15, 0.2) is 60.8 Å². The third-order valence-corrected chi connectivity index (χ3v) is 5.90. The molecule has 4 rings (SSSR count). The second-order valence-electron chi connectivity index (χ2n) is 8.40. The number of amides is 1. The van der Waals surface area contributed by atoms with Crippen LogP contribution in [0, 0.1) is 23.1 Å². The van der Waals surface area contributed by atoms with Crippen molar-refractivity contribution in [2.45, 2.75) is 38.8 Å². The average Bonchev–Trinajstić information content (AvgIpc) is 3.35. The number of allylic oxidation sites excluding steroid dienone is 1. The summed E-state index contributed by atoms with van der Waals surface area (Å²) < 4.78 is 15.5. The van der Waals surface area contributed by atoms with Crippen molar-refractivity contribution >= 4 is 16.8 Å². The minimum absolute atomic E-state index is 0.0729. The molecule has 2 unspecified atom stereocenters. The summed E-state index contributed by atoms with van der Waals surface area (Å²) in [5, 5.41) is 14.3. The molecular weight excluding hydrogens is 391 g/mol. The lowest BCUT2D eigenvalue weighted by Crippen LogP contribution is -2.31. The first-order chi connectivity index (χ1) is 14.9. The standard InChI is InChI=1S/C25H25FN4O/c1-17(16-30-23-8-7-19(13-27)11-21(23)14-28-30)6-9-25(31)29-15-18(2)10-24(29)20-4-3-5-22(26)12-20/h3-5,7-8,11-12,14,18,24H,1,6,9-10,15-16H2,2H3. The van der Waals surface area contributed by atoms with Gasteiger partial charge in [0.15, 0.2) is 0 Å². The van der Waals surface area contributed by atoms with E-state index in [0.717, 1.165) is 28.5 Å². The Kier molecular flexibility index (Phi) is 5.85. The number of carbonyl (C=O) groups excluding carboxylic acids is 1. The molecule has 5 nitrogen and oxygen atoms in total. The van der Waals surface area contributed by atoms with Crippen LogP contribution in [0.25, 0.3) is 10.9 Å². The fourth-order valence-electron chi connectivity index (χ4n) is 4.35. The van der Waals surface area contributed by atoms with E-state index in [9.17, 15) is 9.18 Å². The van der Waals surface area contributed by atoms with Crippen molar-refractivity contribution in [3.8, 4) is 6.07 Å². The van der Waals surface area contributed by atoms with Gasteiger partial charge >= 0.3 is 0 Å². The van der Waals surface area contributed by atoms with Crippen molar-refractivity contribution in [1.29, 1.82) is 5.26 Å². The fourth-order valence-corrected chi connectivity index (χ4v) is 4.35. The number of hydrogen-bond acceptors (Lipinski definition) is 3. The second-order valence-corrected chi connectivity index (χ2v) is 8.40. The van der Waals surface area contributed by atoms with Gasteiger partial charge in [0.05, 0.1) is 35.9 Å². The largest absolute Gasteiger partial charge is 0.335 e. The van der Waals surface area contributed by atoms with Crippen LogP contribution in [0.5, 0.6) is 0 Å². The summed E-state index contributed by atoms with van der Waals surface area (Å²) >= 11 is 0. The number of nitriles is 1. The summed E-state index contributed by atoms with van der Waals surface area (Å²) in [6.45, 7) is 7.48. The van der Waals surface area contributed by atoms with Crippen LogP contribution in [0.3, 0.4) is 0 Å². The van der Waals surface area contributed by atoms with Crippen LogP contribution in [0.2, 0.25) is 0 Å². The third-order valence-electron chi connectivity index (χ3n) is 5.90. The number of hydrogen-bond donors (Lipinski definition) is 0. The zero-order valence-corrected chi connectivity index (χ0v) is 17.6. The molecule has 158 valence electrons. The highest BCUT2D eigenvalue weighted by atomic mass is 19.1. The van der Waals surface area contributed by atoms with Gasteiger partial charge in [-0.2, -0.15) is 10.4 Å². The molecule has 2 aromatic carbocycles. The van der Waals surface area contributed by atoms with Crippen LogP contribution < -0.4 is 0 Å². The van der Waals surface area contributed by atoms with Gasteiger partial charge in [-0.25, -0.2) is 4.39 Å². The van der Waals surface area contributed by atoms with Crippen LogP contribution in [0.1, 0.15) is 43.4 Å². The molecule has 3 aromatic rings. The summed E-state index contributed by atoms with van der Waals surface area (Å²) in [4.78, 5) is 14.9. The first-order valence-corrected chi connectivity index (χ1v) is 10.5. The van der Waals surface area contributed by atoms with Crippen molar-refractivity contribution in [2.75, 3.05) is 6.54 Å². The molecule has 31 heavy (non-hydrogen) atoms. The van der Waals surface area contributed by atoms with E-state index in [1.807, 2.05) is 27.8 Å². The Balaban J connectivity index is 1.39. The molecule has 2 atom stereocenters. The van der Waals surface area contributed by atoms with E-state index in [1.54, 1.807) is 18.3 Å². The minimum atomic E-state index is -0.272. The zero-order chi connectivity index (χ0) is 22.0. The highest BCUT2D eigenvalue weighted by Crippen LogP contribution is 2.36. The SMILES string of the molecule is C=C(CCC(=O)N1CC(C)CC1c1cccc(F)c1)Cn1ncc2cc(C#N)ccc21. The molecule has 0 bridgehead atoms. The van der Waals surface area contributed by atoms with E-state index in [1.165, 1.54) is 12.1 Å². The molecule has 1 aromatic heterocycles. The second kappa shape index (κ2) is 8.73. The highest BCUT2D eigenvalue weighted by molar-refractivity contribution is 5.80. The molecule has 0 saturated carbocycles.